The molecule has 11 aromatic carbocycles. The van der Waals surface area contributed by atoms with Gasteiger partial charge in [0.2, 0.25) is 0 Å². The molecule has 0 radical (unpaired) electrons. The van der Waals surface area contributed by atoms with Crippen LogP contribution < -0.4 is 16.4 Å². The third kappa shape index (κ3) is 4.46. The summed E-state index contributed by atoms with van der Waals surface area (Å²) in [7, 11) is 0. The molecular weight excluding hydrogens is 846 g/mol. The molecule has 0 saturated heterocycles. The summed E-state index contributed by atoms with van der Waals surface area (Å²) in [5.41, 5.74) is 23.5. The van der Waals surface area contributed by atoms with Crippen molar-refractivity contribution in [2.24, 2.45) is 0 Å². The Kier molecular flexibility index (Phi) is 6.90. The van der Waals surface area contributed by atoms with Crippen LogP contribution in [-0.4, -0.2) is 20.4 Å². The van der Waals surface area contributed by atoms with Gasteiger partial charge in [0, 0.05) is 54.7 Å². The molecule has 0 fully saturated rings. The summed E-state index contributed by atoms with van der Waals surface area (Å²) >= 11 is 0. The first-order chi connectivity index (χ1) is 34.4. The molecule has 0 amide bonds. The molecule has 3 aromatic heterocycles. The van der Waals surface area contributed by atoms with Crippen LogP contribution in [0.25, 0.3) is 137 Å². The molecular formula is C66H44BN3. The summed E-state index contributed by atoms with van der Waals surface area (Å²) in [4.78, 5) is 0. The maximum atomic E-state index is 2.68. The molecule has 1 aliphatic carbocycles. The lowest BCUT2D eigenvalue weighted by molar-refractivity contribution is 0.868. The largest absolute Gasteiger partial charge is 0.310 e. The van der Waals surface area contributed by atoms with E-state index in [2.05, 4.69) is 223 Å². The second kappa shape index (κ2) is 12.8. The first-order valence-corrected chi connectivity index (χ1v) is 25.2. The minimum atomic E-state index is -0.000174. The highest BCUT2D eigenvalue weighted by atomic mass is 15.1. The van der Waals surface area contributed by atoms with Gasteiger partial charge in [0.15, 0.2) is 0 Å². The SMILES string of the molecule is CC(C)c1ccc2c(c1)c1cc3ccccc3c3c1n2-c1cc(-n2c4cccc5c4c4c6c(cccc6ccc42)-c2ccccc2-5)cc2c1B3c1cc(C(C)C)cc3c4cc5ccccc5cc4n-2c13. The van der Waals surface area contributed by atoms with E-state index in [9.17, 15) is 0 Å². The monoisotopic (exact) mass is 889 g/mol. The van der Waals surface area contributed by atoms with E-state index in [1.165, 1.54) is 165 Å². The second-order valence-corrected chi connectivity index (χ2v) is 21.2. The van der Waals surface area contributed by atoms with Crippen LogP contribution in [0.5, 0.6) is 0 Å². The van der Waals surface area contributed by atoms with Crippen LogP contribution in [0.3, 0.4) is 0 Å². The van der Waals surface area contributed by atoms with Gasteiger partial charge in [0.25, 0.3) is 6.71 Å². The quantitative estimate of drug-likeness (QED) is 0.157. The second-order valence-electron chi connectivity index (χ2n) is 21.2. The molecule has 4 heteroatoms. The van der Waals surface area contributed by atoms with Gasteiger partial charge in [-0.1, -0.05) is 149 Å². The Bertz CT molecular complexity index is 4780. The molecule has 0 bridgehead atoms. The molecule has 0 atom stereocenters. The van der Waals surface area contributed by atoms with Crippen LogP contribution in [0.15, 0.2) is 182 Å². The zero-order valence-corrected chi connectivity index (χ0v) is 39.4. The Labute approximate surface area is 404 Å². The molecule has 3 aliphatic rings. The molecule has 70 heavy (non-hydrogen) atoms. The lowest BCUT2D eigenvalue weighted by Crippen LogP contribution is -2.59. The van der Waals surface area contributed by atoms with Gasteiger partial charge in [-0.2, -0.15) is 0 Å². The van der Waals surface area contributed by atoms with Crippen LogP contribution in [-0.2, 0) is 0 Å². The minimum absolute atomic E-state index is 0.000174. The Morgan fingerprint density at radius 2 is 0.929 bits per heavy atom. The molecule has 2 aliphatic heterocycles. The van der Waals surface area contributed by atoms with Gasteiger partial charge < -0.3 is 13.7 Å². The van der Waals surface area contributed by atoms with E-state index in [0.29, 0.717) is 11.8 Å². The van der Waals surface area contributed by atoms with Crippen LogP contribution in [0.1, 0.15) is 50.7 Å². The fraction of sp³-hybridized carbons (Fsp3) is 0.0909. The van der Waals surface area contributed by atoms with Crippen molar-refractivity contribution in [1.82, 2.24) is 13.7 Å². The van der Waals surface area contributed by atoms with Gasteiger partial charge >= 0.3 is 0 Å². The molecule has 0 unspecified atom stereocenters. The molecule has 0 N–H and O–H groups in total. The van der Waals surface area contributed by atoms with Crippen LogP contribution >= 0.6 is 0 Å². The van der Waals surface area contributed by atoms with Crippen molar-refractivity contribution in [2.75, 3.05) is 0 Å². The molecule has 14 aromatic rings. The van der Waals surface area contributed by atoms with E-state index < -0.39 is 0 Å². The first kappa shape index (κ1) is 37.6. The smallest absolute Gasteiger partial charge is 0.253 e. The van der Waals surface area contributed by atoms with Crippen molar-refractivity contribution in [2.45, 2.75) is 39.5 Å². The predicted molar refractivity (Wildman–Crippen MR) is 299 cm³/mol. The third-order valence-electron chi connectivity index (χ3n) is 17.0. The van der Waals surface area contributed by atoms with Crippen molar-refractivity contribution in [3.8, 4) is 39.3 Å². The molecule has 0 saturated carbocycles. The summed E-state index contributed by atoms with van der Waals surface area (Å²) < 4.78 is 7.96. The first-order valence-electron chi connectivity index (χ1n) is 25.2. The molecule has 5 heterocycles. The molecule has 17 rings (SSSR count). The normalized spacial score (nSPS) is 13.4. The Morgan fingerprint density at radius 3 is 1.71 bits per heavy atom. The van der Waals surface area contributed by atoms with E-state index in [0.717, 1.165) is 0 Å². The number of rotatable bonds is 3. The Morgan fingerprint density at radius 1 is 0.343 bits per heavy atom. The van der Waals surface area contributed by atoms with Crippen LogP contribution in [0, 0.1) is 0 Å². The highest BCUT2D eigenvalue weighted by Gasteiger charge is 2.43. The zero-order chi connectivity index (χ0) is 46.0. The predicted octanol–water partition coefficient (Wildman–Crippen LogP) is 15.5. The van der Waals surface area contributed by atoms with Gasteiger partial charge in [0.05, 0.1) is 27.8 Å². The average molecular weight is 890 g/mol. The lowest BCUT2D eigenvalue weighted by Gasteiger charge is -2.35. The average Bonchev–Trinajstić information content (AvgIpc) is 4.01. The number of benzene rings is 11. The van der Waals surface area contributed by atoms with Gasteiger partial charge in [0.1, 0.15) is 0 Å². The number of hydrogen-bond donors (Lipinski definition) is 0. The summed E-state index contributed by atoms with van der Waals surface area (Å²) in [6.07, 6.45) is 0. The van der Waals surface area contributed by atoms with Gasteiger partial charge in [-0.05, 0) is 155 Å². The van der Waals surface area contributed by atoms with Gasteiger partial charge in [-0.3, -0.25) is 0 Å². The number of nitrogens with zero attached hydrogens (tertiary/aromatic N) is 3. The molecule has 0 spiro atoms. The van der Waals surface area contributed by atoms with Crippen LogP contribution in [0.4, 0.5) is 0 Å². The molecule has 3 nitrogen and oxygen atoms in total. The van der Waals surface area contributed by atoms with Crippen molar-refractivity contribution >= 4 is 121 Å². The fourth-order valence-electron chi connectivity index (χ4n) is 14.0. The van der Waals surface area contributed by atoms with E-state index in [-0.39, 0.29) is 6.71 Å². The summed E-state index contributed by atoms with van der Waals surface area (Å²) in [6, 6.07) is 70.7. The summed E-state index contributed by atoms with van der Waals surface area (Å²) in [5, 5.41) is 15.7. The van der Waals surface area contributed by atoms with E-state index in [4.69, 9.17) is 0 Å². The minimum Gasteiger partial charge on any atom is -0.310 e. The van der Waals surface area contributed by atoms with Crippen molar-refractivity contribution in [1.29, 1.82) is 0 Å². The fourth-order valence-corrected chi connectivity index (χ4v) is 14.0. The maximum Gasteiger partial charge on any atom is 0.253 e. The standard InChI is InChI=1S/C66H44BN3/c1-35(2)38-24-25-54-49(27-38)52-29-41-15-7-8-17-44(41)63-66(52)69(54)58-33-43(68-55-22-12-21-48-46-19-10-9-18-45(46)47-20-11-16-37-23-26-56(68)62(60(37)47)61(48)55)34-59-64(58)67(63)53-31-42(36(3)4)30-51-50-28-39-13-5-6-14-40(39)32-57(50)70(59)65(51)53/h5-36H,1-4H3. The number of aromatic nitrogens is 3. The number of hydrogen-bond acceptors (Lipinski definition) is 0. The zero-order valence-electron chi connectivity index (χ0n) is 39.4. The van der Waals surface area contributed by atoms with E-state index in [1.54, 1.807) is 0 Å². The Balaban J connectivity index is 1.11. The van der Waals surface area contributed by atoms with Crippen molar-refractivity contribution in [3.63, 3.8) is 0 Å². The Hall–Kier alpha value is -8.34. The van der Waals surface area contributed by atoms with Gasteiger partial charge in [-0.25, -0.2) is 0 Å². The lowest BCUT2D eigenvalue weighted by atomic mass is 9.33. The summed E-state index contributed by atoms with van der Waals surface area (Å²) in [6.45, 7) is 9.36. The van der Waals surface area contributed by atoms with Gasteiger partial charge in [-0.15, -0.1) is 0 Å². The topological polar surface area (TPSA) is 14.8 Å². The highest BCUT2D eigenvalue weighted by molar-refractivity contribution is 7.01. The van der Waals surface area contributed by atoms with E-state index >= 15 is 0 Å². The highest BCUT2D eigenvalue weighted by Crippen LogP contribution is 2.51. The van der Waals surface area contributed by atoms with Crippen LogP contribution in [0.2, 0.25) is 0 Å². The van der Waals surface area contributed by atoms with E-state index in [1.807, 2.05) is 0 Å². The van der Waals surface area contributed by atoms with Crippen molar-refractivity contribution < 1.29 is 0 Å². The number of fused-ring (bicyclic) bond motifs is 16. The third-order valence-corrected chi connectivity index (χ3v) is 17.0. The molecule has 326 valence electrons. The maximum absolute atomic E-state index is 2.68. The summed E-state index contributed by atoms with van der Waals surface area (Å²) in [5.74, 6) is 0.765. The van der Waals surface area contributed by atoms with Crippen molar-refractivity contribution in [3.05, 3.63) is 193 Å².